The molecule has 27 heavy (non-hydrogen) atoms. The Morgan fingerprint density at radius 3 is 1.44 bits per heavy atom. The van der Waals surface area contributed by atoms with Crippen LogP contribution < -0.4 is 4.90 Å². The van der Waals surface area contributed by atoms with E-state index in [2.05, 4.69) is 37.6 Å². The molecule has 0 fully saturated rings. The van der Waals surface area contributed by atoms with Crippen LogP contribution in [0.15, 0.2) is 48.5 Å². The maximum atomic E-state index is 6.41. The molecule has 1 heterocycles. The lowest BCUT2D eigenvalue weighted by atomic mass is 10.2. The van der Waals surface area contributed by atoms with E-state index >= 15 is 0 Å². The summed E-state index contributed by atoms with van der Waals surface area (Å²) in [5, 5.41) is 1.20. The second kappa shape index (κ2) is 8.24. The summed E-state index contributed by atoms with van der Waals surface area (Å²) >= 11 is 12.8. The summed E-state index contributed by atoms with van der Waals surface area (Å²) in [5.41, 5.74) is 1.53. The van der Waals surface area contributed by atoms with Crippen LogP contribution in [0, 0.1) is 0 Å². The normalized spacial score (nSPS) is 11.3. The van der Waals surface area contributed by atoms with Crippen LogP contribution in [-0.4, -0.2) is 27.0 Å². The minimum absolute atomic E-state index is 0.227. The van der Waals surface area contributed by atoms with Gasteiger partial charge in [0.1, 0.15) is 0 Å². The first-order valence-electron chi connectivity index (χ1n) is 8.92. The number of halogens is 2. The van der Waals surface area contributed by atoms with Crippen molar-refractivity contribution < 1.29 is 0 Å². The molecule has 6 heteroatoms. The van der Waals surface area contributed by atoms with Gasteiger partial charge in [0.15, 0.2) is 11.6 Å². The van der Waals surface area contributed by atoms with Crippen molar-refractivity contribution in [3.05, 3.63) is 58.6 Å². The van der Waals surface area contributed by atoms with Crippen LogP contribution in [0.4, 0.5) is 5.95 Å². The zero-order chi connectivity index (χ0) is 19.6. The topological polar surface area (TPSA) is 41.9 Å². The lowest BCUT2D eigenvalue weighted by molar-refractivity contribution is 0.590. The first-order valence-corrected chi connectivity index (χ1v) is 9.68. The summed E-state index contributed by atoms with van der Waals surface area (Å²) in [6, 6.07) is 15.5. The average molecular weight is 401 g/mol. The third-order valence-corrected chi connectivity index (χ3v) is 4.86. The summed E-state index contributed by atoms with van der Waals surface area (Å²) in [4.78, 5) is 16.3. The third-order valence-electron chi connectivity index (χ3n) is 4.20. The number of rotatable bonds is 5. The molecular weight excluding hydrogens is 379 g/mol. The minimum atomic E-state index is 0.227. The highest BCUT2D eigenvalue weighted by Crippen LogP contribution is 2.31. The van der Waals surface area contributed by atoms with Gasteiger partial charge in [-0.05, 0) is 52.0 Å². The molecular formula is C21H22Cl2N4. The Kier molecular flexibility index (Phi) is 5.98. The van der Waals surface area contributed by atoms with E-state index in [1.807, 2.05) is 48.5 Å². The minimum Gasteiger partial charge on any atom is -0.336 e. The van der Waals surface area contributed by atoms with E-state index in [4.69, 9.17) is 33.2 Å². The van der Waals surface area contributed by atoms with Crippen LogP contribution in [0.1, 0.15) is 27.7 Å². The fourth-order valence-corrected chi connectivity index (χ4v) is 3.50. The van der Waals surface area contributed by atoms with Gasteiger partial charge in [0.25, 0.3) is 0 Å². The summed E-state index contributed by atoms with van der Waals surface area (Å²) in [5.74, 6) is 1.68. The molecule has 0 bridgehead atoms. The molecule has 0 saturated heterocycles. The predicted octanol–water partition coefficient (Wildman–Crippen LogP) is 6.14. The molecule has 0 saturated carbocycles. The van der Waals surface area contributed by atoms with Gasteiger partial charge in [-0.25, -0.2) is 4.98 Å². The fraction of sp³-hybridized carbons (Fsp3) is 0.286. The largest absolute Gasteiger partial charge is 0.336 e. The molecule has 4 nitrogen and oxygen atoms in total. The second-order valence-corrected chi connectivity index (χ2v) is 7.65. The molecule has 0 radical (unpaired) electrons. The van der Waals surface area contributed by atoms with E-state index < -0.39 is 0 Å². The van der Waals surface area contributed by atoms with Gasteiger partial charge in [0, 0.05) is 23.2 Å². The van der Waals surface area contributed by atoms with Crippen molar-refractivity contribution in [1.82, 2.24) is 15.0 Å². The SMILES string of the molecule is CC(C)N(c1nc(-c2ccccc2Cl)nc(-c2ccccc2Cl)n1)C(C)C. The number of benzene rings is 2. The summed E-state index contributed by atoms with van der Waals surface area (Å²) in [7, 11) is 0. The van der Waals surface area contributed by atoms with Crippen molar-refractivity contribution in [3.8, 4) is 22.8 Å². The Bertz CT molecular complexity index is 869. The highest BCUT2D eigenvalue weighted by Gasteiger charge is 2.21. The average Bonchev–Trinajstić information content (AvgIpc) is 2.61. The summed E-state index contributed by atoms with van der Waals surface area (Å²) < 4.78 is 0. The Hall–Kier alpha value is -2.17. The Labute approximate surface area is 170 Å². The molecule has 0 atom stereocenters. The highest BCUT2D eigenvalue weighted by atomic mass is 35.5. The monoisotopic (exact) mass is 400 g/mol. The van der Waals surface area contributed by atoms with Crippen LogP contribution in [0.2, 0.25) is 10.0 Å². The Morgan fingerprint density at radius 1 is 0.667 bits per heavy atom. The van der Waals surface area contributed by atoms with Gasteiger partial charge in [-0.2, -0.15) is 9.97 Å². The van der Waals surface area contributed by atoms with Crippen LogP contribution >= 0.6 is 23.2 Å². The van der Waals surface area contributed by atoms with E-state index in [0.29, 0.717) is 27.6 Å². The number of aromatic nitrogens is 3. The van der Waals surface area contributed by atoms with E-state index in [1.165, 1.54) is 0 Å². The Balaban J connectivity index is 2.26. The van der Waals surface area contributed by atoms with Crippen molar-refractivity contribution in [1.29, 1.82) is 0 Å². The second-order valence-electron chi connectivity index (χ2n) is 6.84. The number of hydrogen-bond donors (Lipinski definition) is 0. The van der Waals surface area contributed by atoms with Gasteiger partial charge >= 0.3 is 0 Å². The fourth-order valence-electron chi connectivity index (χ4n) is 3.06. The quantitative estimate of drug-likeness (QED) is 0.515. The molecule has 0 aliphatic heterocycles. The molecule has 0 N–H and O–H groups in total. The van der Waals surface area contributed by atoms with Crippen LogP contribution in [0.3, 0.4) is 0 Å². The van der Waals surface area contributed by atoms with Gasteiger partial charge in [0.05, 0.1) is 10.0 Å². The van der Waals surface area contributed by atoms with Crippen molar-refractivity contribution in [3.63, 3.8) is 0 Å². The highest BCUT2D eigenvalue weighted by molar-refractivity contribution is 6.33. The molecule has 0 aliphatic rings. The molecule has 0 aliphatic carbocycles. The zero-order valence-electron chi connectivity index (χ0n) is 15.8. The van der Waals surface area contributed by atoms with Gasteiger partial charge in [-0.3, -0.25) is 0 Å². The zero-order valence-corrected chi connectivity index (χ0v) is 17.3. The van der Waals surface area contributed by atoms with Crippen molar-refractivity contribution in [2.24, 2.45) is 0 Å². The summed E-state index contributed by atoms with van der Waals surface area (Å²) in [6.45, 7) is 8.48. The number of anilines is 1. The first-order chi connectivity index (χ1) is 12.9. The molecule has 2 aromatic carbocycles. The molecule has 0 unspecified atom stereocenters. The summed E-state index contributed by atoms with van der Waals surface area (Å²) in [6.07, 6.45) is 0. The van der Waals surface area contributed by atoms with Crippen molar-refractivity contribution >= 4 is 29.2 Å². The van der Waals surface area contributed by atoms with Gasteiger partial charge < -0.3 is 4.90 Å². The first kappa shape index (κ1) is 19.6. The van der Waals surface area contributed by atoms with E-state index in [1.54, 1.807) is 0 Å². The van der Waals surface area contributed by atoms with Crippen LogP contribution in [0.25, 0.3) is 22.8 Å². The molecule has 140 valence electrons. The van der Waals surface area contributed by atoms with E-state index in [9.17, 15) is 0 Å². The van der Waals surface area contributed by atoms with Crippen molar-refractivity contribution in [2.45, 2.75) is 39.8 Å². The number of hydrogen-bond acceptors (Lipinski definition) is 4. The van der Waals surface area contributed by atoms with Crippen molar-refractivity contribution in [2.75, 3.05) is 4.90 Å². The third kappa shape index (κ3) is 4.23. The standard InChI is InChI=1S/C21H22Cl2N4/c1-13(2)27(14(3)4)21-25-19(15-9-5-7-11-17(15)22)24-20(26-21)16-10-6-8-12-18(16)23/h5-14H,1-4H3. The maximum Gasteiger partial charge on any atom is 0.229 e. The molecule has 0 spiro atoms. The predicted molar refractivity (Wildman–Crippen MR) is 113 cm³/mol. The van der Waals surface area contributed by atoms with E-state index in [0.717, 1.165) is 11.1 Å². The lowest BCUT2D eigenvalue weighted by Gasteiger charge is -2.31. The molecule has 1 aromatic heterocycles. The molecule has 0 amide bonds. The molecule has 3 aromatic rings. The van der Waals surface area contributed by atoms with Gasteiger partial charge in [-0.15, -0.1) is 0 Å². The van der Waals surface area contributed by atoms with Crippen LogP contribution in [0.5, 0.6) is 0 Å². The number of nitrogens with zero attached hydrogens (tertiary/aromatic N) is 4. The molecule has 3 rings (SSSR count). The Morgan fingerprint density at radius 2 is 1.07 bits per heavy atom. The maximum absolute atomic E-state index is 6.41. The van der Waals surface area contributed by atoms with E-state index in [-0.39, 0.29) is 12.1 Å². The van der Waals surface area contributed by atoms with Gasteiger partial charge in [0.2, 0.25) is 5.95 Å². The lowest BCUT2D eigenvalue weighted by Crippen LogP contribution is -2.38. The van der Waals surface area contributed by atoms with Crippen LogP contribution in [-0.2, 0) is 0 Å². The van der Waals surface area contributed by atoms with Gasteiger partial charge in [-0.1, -0.05) is 47.5 Å². The smallest absolute Gasteiger partial charge is 0.229 e.